The third kappa shape index (κ3) is 53.8. The molecule has 1 atom stereocenters. The van der Waals surface area contributed by atoms with Crippen molar-refractivity contribution < 1.29 is 28.6 Å². The summed E-state index contributed by atoms with van der Waals surface area (Å²) in [6, 6.07) is 0. The topological polar surface area (TPSA) is 78.9 Å². The average Bonchev–Trinajstić information content (AvgIpc) is 3.34. The van der Waals surface area contributed by atoms with Gasteiger partial charge in [0.05, 0.1) is 0 Å². The zero-order chi connectivity index (χ0) is 49.3. The number of allylic oxidation sites excluding steroid dienone is 12. The first-order valence-electron chi connectivity index (χ1n) is 28.9. The van der Waals surface area contributed by atoms with Gasteiger partial charge in [-0.3, -0.25) is 14.4 Å². The van der Waals surface area contributed by atoms with E-state index in [0.29, 0.717) is 19.3 Å². The maximum absolute atomic E-state index is 12.8. The van der Waals surface area contributed by atoms with Gasteiger partial charge in [0.15, 0.2) is 6.10 Å². The Morgan fingerprint density at radius 3 is 0.897 bits per heavy atom. The first-order chi connectivity index (χ1) is 33.5. The van der Waals surface area contributed by atoms with Crippen LogP contribution in [0.25, 0.3) is 0 Å². The van der Waals surface area contributed by atoms with E-state index < -0.39 is 6.10 Å². The first kappa shape index (κ1) is 64.8. The van der Waals surface area contributed by atoms with Crippen LogP contribution < -0.4 is 0 Å². The predicted octanol–water partition coefficient (Wildman–Crippen LogP) is 19.4. The highest BCUT2D eigenvalue weighted by molar-refractivity contribution is 5.71. The van der Waals surface area contributed by atoms with Crippen molar-refractivity contribution in [2.24, 2.45) is 0 Å². The Bertz CT molecular complexity index is 1270. The van der Waals surface area contributed by atoms with Gasteiger partial charge in [0, 0.05) is 19.3 Å². The number of rotatable bonds is 52. The van der Waals surface area contributed by atoms with Crippen LogP contribution in [0, 0.1) is 0 Å². The van der Waals surface area contributed by atoms with Gasteiger partial charge < -0.3 is 14.2 Å². The molecule has 0 bridgehead atoms. The van der Waals surface area contributed by atoms with Gasteiger partial charge in [0.25, 0.3) is 0 Å². The summed E-state index contributed by atoms with van der Waals surface area (Å²) in [6.07, 6.45) is 71.9. The number of hydrogen-bond donors (Lipinski definition) is 0. The van der Waals surface area contributed by atoms with Crippen LogP contribution in [0.1, 0.15) is 284 Å². The summed E-state index contributed by atoms with van der Waals surface area (Å²) in [5, 5.41) is 0. The molecule has 0 N–H and O–H groups in total. The lowest BCUT2D eigenvalue weighted by Crippen LogP contribution is -2.30. The summed E-state index contributed by atoms with van der Waals surface area (Å²) in [4.78, 5) is 38.1. The maximum atomic E-state index is 12.8. The quantitative estimate of drug-likeness (QED) is 0.0262. The van der Waals surface area contributed by atoms with Gasteiger partial charge in [-0.25, -0.2) is 0 Å². The lowest BCUT2D eigenvalue weighted by molar-refractivity contribution is -0.166. The molecule has 0 spiro atoms. The van der Waals surface area contributed by atoms with Gasteiger partial charge in [0.1, 0.15) is 13.2 Å². The molecule has 392 valence electrons. The number of carbonyl (C=O) groups is 3. The zero-order valence-electron chi connectivity index (χ0n) is 44.9. The van der Waals surface area contributed by atoms with Crippen molar-refractivity contribution in [2.75, 3.05) is 13.2 Å². The molecule has 0 fully saturated rings. The maximum Gasteiger partial charge on any atom is 0.306 e. The average molecular weight is 950 g/mol. The molecular formula is C62H108O6. The Morgan fingerprint density at radius 2 is 0.574 bits per heavy atom. The van der Waals surface area contributed by atoms with E-state index in [1.807, 2.05) is 6.08 Å². The normalized spacial score (nSPS) is 12.6. The van der Waals surface area contributed by atoms with Gasteiger partial charge in [-0.1, -0.05) is 280 Å². The fraction of sp³-hybridized carbons (Fsp3) is 0.758. The van der Waals surface area contributed by atoms with Crippen molar-refractivity contribution in [2.45, 2.75) is 290 Å². The monoisotopic (exact) mass is 949 g/mol. The van der Waals surface area contributed by atoms with Crippen LogP contribution in [0.15, 0.2) is 72.9 Å². The second kappa shape index (κ2) is 56.4. The highest BCUT2D eigenvalue weighted by Gasteiger charge is 2.19. The molecule has 6 nitrogen and oxygen atoms in total. The molecule has 0 radical (unpaired) electrons. The molecule has 0 saturated carbocycles. The number of carbonyl (C=O) groups excluding carboxylic acids is 3. The molecule has 0 aromatic heterocycles. The van der Waals surface area contributed by atoms with Crippen LogP contribution in [0.5, 0.6) is 0 Å². The third-order valence-corrected chi connectivity index (χ3v) is 12.5. The SMILES string of the molecule is CC/C=C\C/C=C\C/C=C\C/C=C\C/C=C\C/C=C\CCC(=O)OC[C@H](COC(=O)CCCCCCCCCCCCCCCCCCCCC)OC(=O)CCCCCCCCCCCCCC. The predicted molar refractivity (Wildman–Crippen MR) is 293 cm³/mol. The lowest BCUT2D eigenvalue weighted by Gasteiger charge is -2.18. The van der Waals surface area contributed by atoms with Crippen molar-refractivity contribution in [3.05, 3.63) is 72.9 Å². The van der Waals surface area contributed by atoms with Gasteiger partial charge in [-0.2, -0.15) is 0 Å². The van der Waals surface area contributed by atoms with Crippen LogP contribution in [0.3, 0.4) is 0 Å². The van der Waals surface area contributed by atoms with Crippen molar-refractivity contribution in [3.8, 4) is 0 Å². The Balaban J connectivity index is 4.41. The van der Waals surface area contributed by atoms with Crippen LogP contribution in [0.2, 0.25) is 0 Å². The molecule has 0 heterocycles. The Morgan fingerprint density at radius 1 is 0.309 bits per heavy atom. The summed E-state index contributed by atoms with van der Waals surface area (Å²) in [5.74, 6) is -0.971. The zero-order valence-corrected chi connectivity index (χ0v) is 44.9. The highest BCUT2D eigenvalue weighted by Crippen LogP contribution is 2.16. The molecule has 0 aromatic rings. The van der Waals surface area contributed by atoms with Gasteiger partial charge in [-0.05, 0) is 57.8 Å². The second-order valence-electron chi connectivity index (χ2n) is 19.2. The minimum Gasteiger partial charge on any atom is -0.462 e. The van der Waals surface area contributed by atoms with E-state index in [1.54, 1.807) is 0 Å². The van der Waals surface area contributed by atoms with Crippen LogP contribution in [0.4, 0.5) is 0 Å². The fourth-order valence-electron chi connectivity index (χ4n) is 8.18. The molecule has 6 heteroatoms. The van der Waals surface area contributed by atoms with Crippen molar-refractivity contribution in [3.63, 3.8) is 0 Å². The van der Waals surface area contributed by atoms with Crippen molar-refractivity contribution in [1.29, 1.82) is 0 Å². The summed E-state index contributed by atoms with van der Waals surface area (Å²) in [5.41, 5.74) is 0. The molecule has 0 saturated heterocycles. The second-order valence-corrected chi connectivity index (χ2v) is 19.2. The fourth-order valence-corrected chi connectivity index (χ4v) is 8.18. The summed E-state index contributed by atoms with van der Waals surface area (Å²) in [6.45, 7) is 6.49. The van der Waals surface area contributed by atoms with E-state index in [2.05, 4.69) is 87.6 Å². The molecule has 0 aromatic carbocycles. The molecule has 0 unspecified atom stereocenters. The van der Waals surface area contributed by atoms with E-state index >= 15 is 0 Å². The van der Waals surface area contributed by atoms with Crippen LogP contribution in [-0.4, -0.2) is 37.2 Å². The van der Waals surface area contributed by atoms with E-state index in [9.17, 15) is 14.4 Å². The molecule has 0 amide bonds. The van der Waals surface area contributed by atoms with E-state index in [4.69, 9.17) is 14.2 Å². The third-order valence-electron chi connectivity index (χ3n) is 12.5. The number of hydrogen-bond acceptors (Lipinski definition) is 6. The Labute approximate surface area is 421 Å². The molecular weight excluding hydrogens is 841 g/mol. The smallest absolute Gasteiger partial charge is 0.306 e. The molecule has 68 heavy (non-hydrogen) atoms. The van der Waals surface area contributed by atoms with Gasteiger partial charge in [0.2, 0.25) is 0 Å². The molecule has 0 aliphatic heterocycles. The standard InChI is InChI=1S/C62H108O6/c1-4-7-10-13-16-19-22-25-27-29-31-33-35-37-40-42-45-48-51-54-60(63)66-57-59(68-62(65)56-53-50-47-44-39-24-21-18-15-12-9-6-3)58-67-61(64)55-52-49-46-43-41-38-36-34-32-30-28-26-23-20-17-14-11-8-5-2/h7,10,16,19,25,27,31,33,37,40,45,48,59H,4-6,8-9,11-15,17-18,20-24,26,28-30,32,34-36,38-39,41-44,46-47,49-58H2,1-3H3/b10-7-,19-16-,27-25-,33-31-,40-37-,48-45-/t59-/m1/s1. The van der Waals surface area contributed by atoms with Crippen LogP contribution in [-0.2, 0) is 28.6 Å². The summed E-state index contributed by atoms with van der Waals surface area (Å²) < 4.78 is 16.8. The number of esters is 3. The molecule has 0 aliphatic rings. The van der Waals surface area contributed by atoms with Gasteiger partial charge in [-0.15, -0.1) is 0 Å². The number of unbranched alkanes of at least 4 members (excludes halogenated alkanes) is 29. The number of ether oxygens (including phenoxy) is 3. The van der Waals surface area contributed by atoms with E-state index in [-0.39, 0.29) is 37.5 Å². The minimum atomic E-state index is -0.802. The minimum absolute atomic E-state index is 0.0947. The van der Waals surface area contributed by atoms with Crippen LogP contribution >= 0.6 is 0 Å². The van der Waals surface area contributed by atoms with E-state index in [0.717, 1.165) is 77.0 Å². The Hall–Kier alpha value is -3.15. The Kier molecular flexibility index (Phi) is 53.8. The van der Waals surface area contributed by atoms with E-state index in [1.165, 1.54) is 161 Å². The van der Waals surface area contributed by atoms with Gasteiger partial charge >= 0.3 is 17.9 Å². The highest BCUT2D eigenvalue weighted by atomic mass is 16.6. The van der Waals surface area contributed by atoms with Crippen molar-refractivity contribution >= 4 is 17.9 Å². The first-order valence-corrected chi connectivity index (χ1v) is 28.9. The summed E-state index contributed by atoms with van der Waals surface area (Å²) >= 11 is 0. The largest absolute Gasteiger partial charge is 0.462 e. The lowest BCUT2D eigenvalue weighted by atomic mass is 10.0. The molecule has 0 aliphatic carbocycles. The van der Waals surface area contributed by atoms with Crippen molar-refractivity contribution in [1.82, 2.24) is 0 Å². The molecule has 0 rings (SSSR count). The summed E-state index contributed by atoms with van der Waals surface area (Å²) in [7, 11) is 0.